The first-order valence-corrected chi connectivity index (χ1v) is 10.6. The van der Waals surface area contributed by atoms with Gasteiger partial charge >= 0.3 is 0 Å². The van der Waals surface area contributed by atoms with Crippen LogP contribution in [0.15, 0.2) is 76.3 Å². The van der Waals surface area contributed by atoms with Crippen molar-refractivity contribution in [3.8, 4) is 11.5 Å². The maximum Gasteiger partial charge on any atom is 0.262 e. The summed E-state index contributed by atoms with van der Waals surface area (Å²) in [5.41, 5.74) is 3.63. The van der Waals surface area contributed by atoms with Gasteiger partial charge in [-0.2, -0.15) is 0 Å². The van der Waals surface area contributed by atoms with Crippen LogP contribution in [-0.2, 0) is 0 Å². The van der Waals surface area contributed by atoms with Crippen molar-refractivity contribution in [2.45, 2.75) is 0 Å². The number of carbonyl (C=O) groups excluding carboxylic acids is 2. The quantitative estimate of drug-likeness (QED) is 0.523. The van der Waals surface area contributed by atoms with Crippen molar-refractivity contribution in [3.63, 3.8) is 0 Å². The van der Waals surface area contributed by atoms with Gasteiger partial charge in [0, 0.05) is 24.7 Å². The van der Waals surface area contributed by atoms with E-state index in [2.05, 4.69) is 15.3 Å². The Morgan fingerprint density at radius 2 is 1.97 bits per heavy atom. The van der Waals surface area contributed by atoms with Crippen molar-refractivity contribution in [1.29, 1.82) is 0 Å². The lowest BCUT2D eigenvalue weighted by Gasteiger charge is -2.33. The number of pyridine rings is 1. The average molecular weight is 437 g/mol. The summed E-state index contributed by atoms with van der Waals surface area (Å²) >= 11 is 0. The van der Waals surface area contributed by atoms with Gasteiger partial charge in [0.15, 0.2) is 5.76 Å². The number of nitrogens with one attached hydrogen (secondary N) is 1. The van der Waals surface area contributed by atoms with Crippen molar-refractivity contribution in [2.24, 2.45) is 4.99 Å². The van der Waals surface area contributed by atoms with E-state index in [0.717, 1.165) is 17.6 Å². The van der Waals surface area contributed by atoms with Crippen LogP contribution < -0.4 is 10.2 Å². The second-order valence-corrected chi connectivity index (χ2v) is 7.93. The molecule has 1 N–H and O–H groups in total. The molecule has 8 heteroatoms. The van der Waals surface area contributed by atoms with Crippen molar-refractivity contribution >= 4 is 40.1 Å². The third-order valence-electron chi connectivity index (χ3n) is 5.93. The van der Waals surface area contributed by atoms with Gasteiger partial charge in [0.05, 0.1) is 35.1 Å². The van der Waals surface area contributed by atoms with E-state index in [-0.39, 0.29) is 11.8 Å². The summed E-state index contributed by atoms with van der Waals surface area (Å²) in [6.45, 7) is 1.38. The minimum Gasteiger partial charge on any atom is -0.463 e. The zero-order valence-corrected chi connectivity index (χ0v) is 17.8. The summed E-state index contributed by atoms with van der Waals surface area (Å²) in [4.78, 5) is 38.9. The van der Waals surface area contributed by atoms with Crippen LogP contribution in [0.3, 0.4) is 0 Å². The number of anilines is 2. The molecular weight excluding hydrogens is 418 g/mol. The molecule has 0 radical (unpaired) electrons. The Hall–Kier alpha value is -4.46. The van der Waals surface area contributed by atoms with Gasteiger partial charge in [-0.25, -0.2) is 4.98 Å². The van der Waals surface area contributed by atoms with E-state index in [1.54, 1.807) is 42.5 Å². The fourth-order valence-corrected chi connectivity index (χ4v) is 4.35. The summed E-state index contributed by atoms with van der Waals surface area (Å²) < 4.78 is 5.49. The highest BCUT2D eigenvalue weighted by Gasteiger charge is 2.35. The van der Waals surface area contributed by atoms with Crippen molar-refractivity contribution in [3.05, 3.63) is 78.1 Å². The zero-order chi connectivity index (χ0) is 22.5. The highest BCUT2D eigenvalue weighted by atomic mass is 16.3. The second-order valence-electron chi connectivity index (χ2n) is 7.93. The van der Waals surface area contributed by atoms with Gasteiger partial charge in [-0.3, -0.25) is 19.5 Å². The highest BCUT2D eigenvalue weighted by Crippen LogP contribution is 2.32. The van der Waals surface area contributed by atoms with Crippen LogP contribution in [0.5, 0.6) is 0 Å². The first kappa shape index (κ1) is 19.2. The number of hydrogen-bond donors (Lipinski definition) is 1. The molecule has 2 aromatic heterocycles. The molecule has 0 bridgehead atoms. The summed E-state index contributed by atoms with van der Waals surface area (Å²) in [5.74, 6) is 0.812. The molecule has 0 saturated carbocycles. The Bertz CT molecular complexity index is 1460. The largest absolute Gasteiger partial charge is 0.463 e. The lowest BCUT2D eigenvalue weighted by molar-refractivity contribution is 0.0865. The number of aliphatic imine (C=N–C) groups is 1. The number of hydrogen-bond acceptors (Lipinski definition) is 6. The van der Waals surface area contributed by atoms with Gasteiger partial charge in [0.2, 0.25) is 5.96 Å². The van der Waals surface area contributed by atoms with E-state index in [1.807, 2.05) is 41.3 Å². The fourth-order valence-electron chi connectivity index (χ4n) is 4.35. The van der Waals surface area contributed by atoms with E-state index in [0.29, 0.717) is 46.3 Å². The first-order chi connectivity index (χ1) is 16.1. The van der Waals surface area contributed by atoms with Crippen molar-refractivity contribution in [2.75, 3.05) is 30.4 Å². The van der Waals surface area contributed by atoms with E-state index in [9.17, 15) is 9.59 Å². The van der Waals surface area contributed by atoms with Crippen LogP contribution in [0.1, 0.15) is 20.7 Å². The van der Waals surface area contributed by atoms with Gasteiger partial charge < -0.3 is 14.6 Å². The molecule has 0 unspecified atom stereocenters. The maximum absolute atomic E-state index is 13.4. The molecule has 0 atom stereocenters. The lowest BCUT2D eigenvalue weighted by atomic mass is 10.0. The van der Waals surface area contributed by atoms with Crippen LogP contribution in [0.4, 0.5) is 11.4 Å². The number of benzene rings is 2. The Morgan fingerprint density at radius 1 is 1.09 bits per heavy atom. The molecular formula is C25H19N5O3. The summed E-state index contributed by atoms with van der Waals surface area (Å²) in [7, 11) is 1.72. The number of furan rings is 1. The smallest absolute Gasteiger partial charge is 0.262 e. The SMILES string of the molecule is CN1C(=O)c2cc(NC(=O)c3cc(-c4ccco4)nc4ccccc34)ccc2N2CCN=C12. The predicted octanol–water partition coefficient (Wildman–Crippen LogP) is 4.01. The molecule has 6 rings (SSSR count). The van der Waals surface area contributed by atoms with Crippen molar-refractivity contribution in [1.82, 2.24) is 9.88 Å². The topological polar surface area (TPSA) is 91.0 Å². The Balaban J connectivity index is 1.38. The van der Waals surface area contributed by atoms with Crippen LogP contribution in [0, 0.1) is 0 Å². The Kier molecular flexibility index (Phi) is 4.26. The number of guanidine groups is 1. The third kappa shape index (κ3) is 3.07. The first-order valence-electron chi connectivity index (χ1n) is 10.6. The number of fused-ring (bicyclic) bond motifs is 4. The molecule has 162 valence electrons. The molecule has 4 heterocycles. The van der Waals surface area contributed by atoms with E-state index < -0.39 is 0 Å². The molecule has 33 heavy (non-hydrogen) atoms. The number of para-hydroxylation sites is 1. The van der Waals surface area contributed by atoms with Crippen LogP contribution >= 0.6 is 0 Å². The molecule has 0 aliphatic carbocycles. The molecule has 2 aliphatic heterocycles. The van der Waals surface area contributed by atoms with E-state index in [4.69, 9.17) is 4.42 Å². The molecule has 2 amide bonds. The molecule has 0 saturated heterocycles. The molecule has 0 fully saturated rings. The van der Waals surface area contributed by atoms with Gasteiger partial charge in [0.25, 0.3) is 11.8 Å². The van der Waals surface area contributed by atoms with Gasteiger partial charge in [-0.05, 0) is 42.5 Å². The Labute approximate surface area is 189 Å². The minimum absolute atomic E-state index is 0.146. The molecule has 4 aromatic rings. The van der Waals surface area contributed by atoms with Crippen molar-refractivity contribution < 1.29 is 14.0 Å². The molecule has 0 spiro atoms. The summed E-state index contributed by atoms with van der Waals surface area (Å²) in [6, 6.07) is 18.2. The summed E-state index contributed by atoms with van der Waals surface area (Å²) in [6.07, 6.45) is 1.57. The Morgan fingerprint density at radius 3 is 2.82 bits per heavy atom. The number of aromatic nitrogens is 1. The number of carbonyl (C=O) groups is 2. The monoisotopic (exact) mass is 437 g/mol. The normalized spacial score (nSPS) is 14.8. The molecule has 8 nitrogen and oxygen atoms in total. The predicted molar refractivity (Wildman–Crippen MR) is 126 cm³/mol. The standard InChI is InChI=1S/C25H19N5O3/c1-29-24(32)18-13-15(8-9-21(18)30-11-10-26-25(29)30)27-23(31)17-14-20(22-7-4-12-33-22)28-19-6-3-2-5-16(17)19/h2-9,12-14H,10-11H2,1H3,(H,27,31). The van der Waals surface area contributed by atoms with Gasteiger partial charge in [-0.15, -0.1) is 0 Å². The molecule has 2 aromatic carbocycles. The van der Waals surface area contributed by atoms with E-state index in [1.165, 1.54) is 0 Å². The van der Waals surface area contributed by atoms with Crippen LogP contribution in [0.25, 0.3) is 22.4 Å². The second kappa shape index (κ2) is 7.30. The highest BCUT2D eigenvalue weighted by molar-refractivity contribution is 6.20. The third-order valence-corrected chi connectivity index (χ3v) is 5.93. The van der Waals surface area contributed by atoms with Crippen LogP contribution in [0.2, 0.25) is 0 Å². The summed E-state index contributed by atoms with van der Waals surface area (Å²) in [5, 5.41) is 3.68. The van der Waals surface area contributed by atoms with Crippen LogP contribution in [-0.4, -0.2) is 47.8 Å². The van der Waals surface area contributed by atoms with E-state index >= 15 is 0 Å². The fraction of sp³-hybridized carbons (Fsp3) is 0.120. The number of amides is 2. The van der Waals surface area contributed by atoms with Gasteiger partial charge in [-0.1, -0.05) is 18.2 Å². The lowest BCUT2D eigenvalue weighted by Crippen LogP contribution is -2.48. The number of nitrogens with zero attached hydrogens (tertiary/aromatic N) is 4. The average Bonchev–Trinajstić information content (AvgIpc) is 3.54. The zero-order valence-electron chi connectivity index (χ0n) is 17.8. The van der Waals surface area contributed by atoms with Gasteiger partial charge in [0.1, 0.15) is 5.69 Å². The molecule has 2 aliphatic rings. The number of rotatable bonds is 3. The minimum atomic E-state index is -0.290. The maximum atomic E-state index is 13.4.